The van der Waals surface area contributed by atoms with E-state index in [1.165, 1.54) is 0 Å². The summed E-state index contributed by atoms with van der Waals surface area (Å²) in [5, 5.41) is 3.17. The molecule has 2 aromatic carbocycles. The van der Waals surface area contributed by atoms with E-state index >= 15 is 0 Å². The van der Waals surface area contributed by atoms with E-state index < -0.39 is 22.1 Å². The molecule has 0 aliphatic rings. The predicted octanol–water partition coefficient (Wildman–Crippen LogP) is 3.70. The second-order valence-corrected chi connectivity index (χ2v) is 7.25. The molecule has 2 aromatic rings. The fourth-order valence-electron chi connectivity index (χ4n) is 2.21. The number of sulfonamides is 1. The zero-order chi connectivity index (χ0) is 19.9. The molecule has 0 radical (unpaired) electrons. The van der Waals surface area contributed by atoms with Crippen LogP contribution in [-0.2, 0) is 16.4 Å². The van der Waals surface area contributed by atoms with Gasteiger partial charge in [0.2, 0.25) is 0 Å². The maximum Gasteiger partial charge on any atom is 0.573 e. The maximum absolute atomic E-state index is 12.3. The average Bonchev–Trinajstić information content (AvgIpc) is 2.59. The van der Waals surface area contributed by atoms with Crippen LogP contribution in [0.3, 0.4) is 0 Å². The summed E-state index contributed by atoms with van der Waals surface area (Å²) < 4.78 is 67.2. The number of alkyl halides is 3. The van der Waals surface area contributed by atoms with Crippen molar-refractivity contribution in [1.29, 1.82) is 0 Å². The van der Waals surface area contributed by atoms with E-state index in [2.05, 4.69) is 21.4 Å². The van der Waals surface area contributed by atoms with Gasteiger partial charge >= 0.3 is 6.36 Å². The molecule has 0 saturated carbocycles. The minimum absolute atomic E-state index is 0.172. The molecule has 0 saturated heterocycles. The van der Waals surface area contributed by atoms with E-state index in [-0.39, 0.29) is 4.90 Å². The Morgan fingerprint density at radius 3 is 2.22 bits per heavy atom. The Labute approximate surface area is 155 Å². The van der Waals surface area contributed by atoms with Gasteiger partial charge in [0.25, 0.3) is 10.0 Å². The third-order valence-corrected chi connectivity index (χ3v) is 4.85. The summed E-state index contributed by atoms with van der Waals surface area (Å²) in [7, 11) is -3.92. The van der Waals surface area contributed by atoms with Crippen molar-refractivity contribution in [3.63, 3.8) is 0 Å². The molecule has 0 aliphatic heterocycles. The molecule has 0 atom stereocenters. The summed E-state index contributed by atoms with van der Waals surface area (Å²) in [5.74, 6) is -0.490. The van der Waals surface area contributed by atoms with Crippen LogP contribution in [0.1, 0.15) is 5.56 Å². The Kier molecular flexibility index (Phi) is 6.86. The molecule has 2 N–H and O–H groups in total. The van der Waals surface area contributed by atoms with Crippen LogP contribution in [0, 0.1) is 0 Å². The van der Waals surface area contributed by atoms with Gasteiger partial charge in [-0.3, -0.25) is 4.72 Å². The van der Waals surface area contributed by atoms with Crippen LogP contribution in [0.5, 0.6) is 5.75 Å². The highest BCUT2D eigenvalue weighted by molar-refractivity contribution is 7.92. The average molecular weight is 400 g/mol. The third-order valence-electron chi connectivity index (χ3n) is 3.45. The smallest absolute Gasteiger partial charge is 0.406 e. The van der Waals surface area contributed by atoms with Crippen molar-refractivity contribution in [2.24, 2.45) is 0 Å². The van der Waals surface area contributed by atoms with Crippen molar-refractivity contribution in [3.05, 3.63) is 66.7 Å². The number of benzene rings is 2. The van der Waals surface area contributed by atoms with Crippen molar-refractivity contribution >= 4 is 15.7 Å². The molecular weight excluding hydrogens is 381 g/mol. The molecule has 146 valence electrons. The van der Waals surface area contributed by atoms with E-state index in [9.17, 15) is 21.6 Å². The van der Waals surface area contributed by atoms with E-state index in [4.69, 9.17) is 0 Å². The summed E-state index contributed by atoms with van der Waals surface area (Å²) in [6, 6.07) is 10.8. The highest BCUT2D eigenvalue weighted by Crippen LogP contribution is 2.24. The molecule has 0 unspecified atom stereocenters. The second-order valence-electron chi connectivity index (χ2n) is 5.56. The first-order valence-electron chi connectivity index (χ1n) is 7.99. The fourth-order valence-corrected chi connectivity index (χ4v) is 3.27. The van der Waals surface area contributed by atoms with Crippen molar-refractivity contribution in [3.8, 4) is 5.75 Å². The van der Waals surface area contributed by atoms with Crippen LogP contribution in [0.25, 0.3) is 0 Å². The van der Waals surface area contributed by atoms with Gasteiger partial charge in [0.05, 0.1) is 4.90 Å². The maximum atomic E-state index is 12.3. The third kappa shape index (κ3) is 6.95. The predicted molar refractivity (Wildman–Crippen MR) is 97.1 cm³/mol. The zero-order valence-corrected chi connectivity index (χ0v) is 15.1. The van der Waals surface area contributed by atoms with Crippen molar-refractivity contribution in [2.45, 2.75) is 17.7 Å². The molecular formula is C18H19F3N2O3S. The first-order valence-corrected chi connectivity index (χ1v) is 9.47. The van der Waals surface area contributed by atoms with Crippen molar-refractivity contribution in [2.75, 3.05) is 17.8 Å². The standard InChI is InChI=1S/C18H19F3N2O3S/c1-2-12-22-13-11-14-3-5-15(6-4-14)23-27(24,25)17-9-7-16(8-10-17)26-18(19,20)21/h2-10,22-23H,1,11-13H2. The number of halogens is 3. The van der Waals surface area contributed by atoms with Gasteiger partial charge in [-0.05, 0) is 54.9 Å². The molecule has 0 aliphatic carbocycles. The van der Waals surface area contributed by atoms with Crippen LogP contribution < -0.4 is 14.8 Å². The molecule has 2 rings (SSSR count). The summed E-state index contributed by atoms with van der Waals surface area (Å²) in [5.41, 5.74) is 1.39. The molecule has 0 bridgehead atoms. The van der Waals surface area contributed by atoms with Gasteiger partial charge in [0.15, 0.2) is 0 Å². The SMILES string of the molecule is C=CCNCCc1ccc(NS(=O)(=O)c2ccc(OC(F)(F)F)cc2)cc1. The van der Waals surface area contributed by atoms with Gasteiger partial charge in [-0.15, -0.1) is 19.8 Å². The van der Waals surface area contributed by atoms with Crippen LogP contribution in [0.15, 0.2) is 66.1 Å². The molecule has 0 spiro atoms. The number of anilines is 1. The minimum atomic E-state index is -4.83. The molecule has 0 amide bonds. The normalized spacial score (nSPS) is 11.8. The van der Waals surface area contributed by atoms with E-state index in [0.717, 1.165) is 42.8 Å². The number of ether oxygens (including phenoxy) is 1. The fraction of sp³-hybridized carbons (Fsp3) is 0.222. The molecule has 27 heavy (non-hydrogen) atoms. The van der Waals surface area contributed by atoms with E-state index in [0.29, 0.717) is 12.2 Å². The Balaban J connectivity index is 2.00. The number of rotatable bonds is 9. The number of hydrogen-bond acceptors (Lipinski definition) is 4. The monoisotopic (exact) mass is 400 g/mol. The van der Waals surface area contributed by atoms with Crippen LogP contribution >= 0.6 is 0 Å². The molecule has 9 heteroatoms. The summed E-state index contributed by atoms with van der Waals surface area (Å²) in [4.78, 5) is -0.172. The Morgan fingerprint density at radius 2 is 1.67 bits per heavy atom. The molecule has 0 aromatic heterocycles. The summed E-state index contributed by atoms with van der Waals surface area (Å²) >= 11 is 0. The number of hydrogen-bond donors (Lipinski definition) is 2. The topological polar surface area (TPSA) is 67.4 Å². The van der Waals surface area contributed by atoms with Crippen LogP contribution in [0.2, 0.25) is 0 Å². The molecule has 0 fully saturated rings. The Bertz CT molecular complexity index is 849. The Morgan fingerprint density at radius 1 is 1.04 bits per heavy atom. The van der Waals surface area contributed by atoms with Gasteiger partial charge in [-0.1, -0.05) is 18.2 Å². The van der Waals surface area contributed by atoms with Gasteiger partial charge in [-0.2, -0.15) is 0 Å². The Hall–Kier alpha value is -2.52. The number of nitrogens with one attached hydrogen (secondary N) is 2. The van der Waals surface area contributed by atoms with E-state index in [1.807, 2.05) is 0 Å². The lowest BCUT2D eigenvalue weighted by molar-refractivity contribution is -0.274. The minimum Gasteiger partial charge on any atom is -0.406 e. The summed E-state index contributed by atoms with van der Waals surface area (Å²) in [6.07, 6.45) is -2.29. The molecule has 0 heterocycles. The first kappa shape index (κ1) is 20.8. The van der Waals surface area contributed by atoms with Gasteiger partial charge < -0.3 is 10.1 Å². The largest absolute Gasteiger partial charge is 0.573 e. The van der Waals surface area contributed by atoms with Crippen molar-refractivity contribution in [1.82, 2.24) is 5.32 Å². The highest BCUT2D eigenvalue weighted by atomic mass is 32.2. The van der Waals surface area contributed by atoms with Crippen molar-refractivity contribution < 1.29 is 26.3 Å². The second kappa shape index (κ2) is 8.92. The molecule has 5 nitrogen and oxygen atoms in total. The lowest BCUT2D eigenvalue weighted by atomic mass is 10.1. The van der Waals surface area contributed by atoms with E-state index in [1.54, 1.807) is 30.3 Å². The van der Waals surface area contributed by atoms with Crippen LogP contribution in [0.4, 0.5) is 18.9 Å². The first-order chi connectivity index (χ1) is 12.7. The zero-order valence-electron chi connectivity index (χ0n) is 14.3. The van der Waals surface area contributed by atoms with Gasteiger partial charge in [0.1, 0.15) is 5.75 Å². The van der Waals surface area contributed by atoms with Gasteiger partial charge in [-0.25, -0.2) is 8.42 Å². The van der Waals surface area contributed by atoms with Gasteiger partial charge in [0, 0.05) is 12.2 Å². The lowest BCUT2D eigenvalue weighted by Gasteiger charge is -2.11. The highest BCUT2D eigenvalue weighted by Gasteiger charge is 2.31. The lowest BCUT2D eigenvalue weighted by Crippen LogP contribution is -2.17. The summed E-state index contributed by atoms with van der Waals surface area (Å²) in [6.45, 7) is 5.09. The van der Waals surface area contributed by atoms with Crippen LogP contribution in [-0.4, -0.2) is 27.9 Å². The quantitative estimate of drug-likeness (QED) is 0.498.